The maximum Gasteiger partial charge on any atom is 0.274 e. The Kier molecular flexibility index (Phi) is 7.02. The summed E-state index contributed by atoms with van der Waals surface area (Å²) in [6, 6.07) is 21.1. The second-order valence-corrected chi connectivity index (χ2v) is 8.97. The zero-order chi connectivity index (χ0) is 24.9. The molecule has 1 aliphatic rings. The van der Waals surface area contributed by atoms with Crippen LogP contribution in [0.25, 0.3) is 11.8 Å². The van der Waals surface area contributed by atoms with Crippen LogP contribution in [0.5, 0.6) is 0 Å². The zero-order valence-corrected chi connectivity index (χ0v) is 20.0. The Labute approximate surface area is 210 Å². The fourth-order valence-electron chi connectivity index (χ4n) is 4.08. The van der Waals surface area contributed by atoms with Crippen molar-refractivity contribution in [1.29, 1.82) is 0 Å². The summed E-state index contributed by atoms with van der Waals surface area (Å²) < 4.78 is 7.93. The third kappa shape index (κ3) is 5.43. The largest absolute Gasteiger partial charge is 0.368 e. The van der Waals surface area contributed by atoms with Crippen molar-refractivity contribution >= 4 is 17.7 Å². The van der Waals surface area contributed by atoms with Gasteiger partial charge in [-0.1, -0.05) is 36.9 Å². The van der Waals surface area contributed by atoms with Gasteiger partial charge in [0.1, 0.15) is 11.8 Å². The van der Waals surface area contributed by atoms with Crippen molar-refractivity contribution in [2.45, 2.75) is 25.5 Å². The van der Waals surface area contributed by atoms with E-state index in [1.807, 2.05) is 66.9 Å². The van der Waals surface area contributed by atoms with Gasteiger partial charge in [-0.05, 0) is 72.4 Å². The van der Waals surface area contributed by atoms with Gasteiger partial charge in [0, 0.05) is 30.2 Å². The number of aromatic nitrogens is 3. The quantitative estimate of drug-likeness (QED) is 0.329. The Morgan fingerprint density at radius 2 is 1.97 bits per heavy atom. The summed E-state index contributed by atoms with van der Waals surface area (Å²) in [7, 11) is 0. The molecule has 5 rings (SSSR count). The minimum atomic E-state index is -0.275. The number of hydrogen-bond acceptors (Lipinski definition) is 5. The van der Waals surface area contributed by atoms with Gasteiger partial charge in [-0.3, -0.25) is 9.78 Å². The molecule has 7 heteroatoms. The van der Waals surface area contributed by atoms with Crippen LogP contribution in [-0.2, 0) is 11.3 Å². The van der Waals surface area contributed by atoms with Crippen LogP contribution < -0.4 is 11.1 Å². The van der Waals surface area contributed by atoms with Crippen molar-refractivity contribution in [3.05, 3.63) is 114 Å². The smallest absolute Gasteiger partial charge is 0.274 e. The van der Waals surface area contributed by atoms with E-state index in [4.69, 9.17) is 10.5 Å². The Balaban J connectivity index is 1.42. The van der Waals surface area contributed by atoms with Gasteiger partial charge in [-0.2, -0.15) is 5.10 Å². The lowest BCUT2D eigenvalue weighted by Crippen LogP contribution is -2.17. The Morgan fingerprint density at radius 1 is 1.14 bits per heavy atom. The average molecular weight is 480 g/mol. The first-order valence-corrected chi connectivity index (χ1v) is 12.1. The number of nitrogens with two attached hydrogens (primary N) is 1. The molecule has 1 unspecified atom stereocenters. The first-order chi connectivity index (χ1) is 17.6. The van der Waals surface area contributed by atoms with E-state index in [0.717, 1.165) is 22.4 Å². The molecule has 2 aromatic carbocycles. The number of benzene rings is 2. The Morgan fingerprint density at radius 3 is 2.72 bits per heavy atom. The molecule has 4 aromatic rings. The molecule has 1 aliphatic carbocycles. The highest BCUT2D eigenvalue weighted by Gasteiger charge is 2.25. The summed E-state index contributed by atoms with van der Waals surface area (Å²) in [5.74, 6) is 0.354. The zero-order valence-electron chi connectivity index (χ0n) is 20.0. The molecule has 1 atom stereocenters. The van der Waals surface area contributed by atoms with E-state index in [0.29, 0.717) is 36.1 Å². The van der Waals surface area contributed by atoms with Crippen LogP contribution in [-0.4, -0.2) is 27.3 Å². The lowest BCUT2D eigenvalue weighted by molar-refractivity contribution is 0.0716. The summed E-state index contributed by atoms with van der Waals surface area (Å²) >= 11 is 0. The molecule has 2 heterocycles. The maximum absolute atomic E-state index is 13.4. The molecule has 2 aromatic heterocycles. The first-order valence-electron chi connectivity index (χ1n) is 12.1. The van der Waals surface area contributed by atoms with Crippen LogP contribution in [0.3, 0.4) is 0 Å². The van der Waals surface area contributed by atoms with Crippen LogP contribution >= 0.6 is 0 Å². The van der Waals surface area contributed by atoms with Crippen molar-refractivity contribution in [2.24, 2.45) is 11.7 Å². The van der Waals surface area contributed by atoms with Crippen LogP contribution in [0.4, 0.5) is 5.69 Å². The summed E-state index contributed by atoms with van der Waals surface area (Å²) in [4.78, 5) is 17.7. The SMILES string of the molecule is C=Cc1cc(C(=O)Nc2cccc(C(OCC3CC3)c3cccnc3)c2)n(-c2cccc(CN)c2)n1. The number of anilines is 1. The molecule has 0 spiro atoms. The van der Waals surface area contributed by atoms with Gasteiger partial charge in [-0.15, -0.1) is 0 Å². The Hall–Kier alpha value is -4.07. The minimum Gasteiger partial charge on any atom is -0.368 e. The van der Waals surface area contributed by atoms with Crippen LogP contribution in [0, 0.1) is 5.92 Å². The summed E-state index contributed by atoms with van der Waals surface area (Å²) in [5.41, 5.74) is 11.1. The number of pyridine rings is 1. The van der Waals surface area contributed by atoms with E-state index in [1.54, 1.807) is 23.0 Å². The van der Waals surface area contributed by atoms with Crippen LogP contribution in [0.1, 0.15) is 51.8 Å². The molecule has 0 bridgehead atoms. The second-order valence-electron chi connectivity index (χ2n) is 8.97. The lowest BCUT2D eigenvalue weighted by atomic mass is 10.0. The van der Waals surface area contributed by atoms with Crippen molar-refractivity contribution in [1.82, 2.24) is 14.8 Å². The van der Waals surface area contributed by atoms with Gasteiger partial charge in [-0.25, -0.2) is 4.68 Å². The molecule has 0 saturated heterocycles. The molecular weight excluding hydrogens is 450 g/mol. The van der Waals surface area contributed by atoms with Gasteiger partial charge in [0.2, 0.25) is 0 Å². The number of rotatable bonds is 10. The lowest BCUT2D eigenvalue weighted by Gasteiger charge is -2.19. The van der Waals surface area contributed by atoms with E-state index in [-0.39, 0.29) is 12.0 Å². The highest BCUT2D eigenvalue weighted by molar-refractivity contribution is 6.03. The fourth-order valence-corrected chi connectivity index (χ4v) is 4.08. The molecule has 1 saturated carbocycles. The van der Waals surface area contributed by atoms with Gasteiger partial charge in [0.25, 0.3) is 5.91 Å². The number of nitrogens with one attached hydrogen (secondary N) is 1. The van der Waals surface area contributed by atoms with Crippen molar-refractivity contribution < 1.29 is 9.53 Å². The standard InChI is InChI=1S/C29H29N5O2/c1-2-24-16-27(34(33-24)26-10-3-6-21(14-26)17-30)29(35)32-25-9-4-7-22(15-25)28(36-19-20-11-12-20)23-8-5-13-31-18-23/h2-10,13-16,18,20,28H,1,11-12,17,19,30H2,(H,32,35). The first kappa shape index (κ1) is 23.7. The van der Waals surface area contributed by atoms with Gasteiger partial charge >= 0.3 is 0 Å². The maximum atomic E-state index is 13.4. The van der Waals surface area contributed by atoms with E-state index in [1.165, 1.54) is 12.8 Å². The second kappa shape index (κ2) is 10.7. The van der Waals surface area contributed by atoms with Crippen molar-refractivity contribution in [3.8, 4) is 5.69 Å². The third-order valence-corrected chi connectivity index (χ3v) is 6.19. The van der Waals surface area contributed by atoms with E-state index in [2.05, 4.69) is 22.0 Å². The molecular formula is C29H29N5O2. The fraction of sp³-hybridized carbons (Fsp3) is 0.207. The van der Waals surface area contributed by atoms with Crippen molar-refractivity contribution in [2.75, 3.05) is 11.9 Å². The monoisotopic (exact) mass is 479 g/mol. The van der Waals surface area contributed by atoms with E-state index in [9.17, 15) is 4.79 Å². The number of hydrogen-bond donors (Lipinski definition) is 2. The number of amides is 1. The van der Waals surface area contributed by atoms with Crippen LogP contribution in [0.15, 0.2) is 85.7 Å². The number of ether oxygens (including phenoxy) is 1. The minimum absolute atomic E-state index is 0.256. The Bertz CT molecular complexity index is 1360. The predicted octanol–water partition coefficient (Wildman–Crippen LogP) is 5.14. The van der Waals surface area contributed by atoms with Gasteiger partial charge < -0.3 is 15.8 Å². The summed E-state index contributed by atoms with van der Waals surface area (Å²) in [5, 5.41) is 7.57. The predicted molar refractivity (Wildman–Crippen MR) is 141 cm³/mol. The third-order valence-electron chi connectivity index (χ3n) is 6.19. The number of nitrogens with zero attached hydrogens (tertiary/aromatic N) is 3. The molecule has 1 fully saturated rings. The normalized spacial score (nSPS) is 13.8. The average Bonchev–Trinajstić information content (AvgIpc) is 3.64. The highest BCUT2D eigenvalue weighted by atomic mass is 16.5. The molecule has 36 heavy (non-hydrogen) atoms. The molecule has 3 N–H and O–H groups in total. The van der Waals surface area contributed by atoms with Crippen LogP contribution in [0.2, 0.25) is 0 Å². The molecule has 0 radical (unpaired) electrons. The number of carbonyl (C=O) groups excluding carboxylic acids is 1. The highest BCUT2D eigenvalue weighted by Crippen LogP contribution is 2.34. The summed E-state index contributed by atoms with van der Waals surface area (Å²) in [6.45, 7) is 4.91. The van der Waals surface area contributed by atoms with E-state index < -0.39 is 0 Å². The molecule has 182 valence electrons. The van der Waals surface area contributed by atoms with E-state index >= 15 is 0 Å². The van der Waals surface area contributed by atoms with Crippen molar-refractivity contribution in [3.63, 3.8) is 0 Å². The summed E-state index contributed by atoms with van der Waals surface area (Å²) in [6.07, 6.45) is 7.37. The topological polar surface area (TPSA) is 95.1 Å². The molecule has 1 amide bonds. The van der Waals surface area contributed by atoms with Gasteiger partial charge in [0.15, 0.2) is 0 Å². The van der Waals surface area contributed by atoms with Gasteiger partial charge in [0.05, 0.1) is 18.0 Å². The molecule has 0 aliphatic heterocycles. The number of carbonyl (C=O) groups is 1. The molecule has 7 nitrogen and oxygen atoms in total.